The number of Topliss-reactive ketones (excluding diaryl/α,β-unsaturated/α-hetero) is 1. The molecule has 0 saturated heterocycles. The van der Waals surface area contributed by atoms with Crippen molar-refractivity contribution in [2.75, 3.05) is 13.7 Å². The lowest BCUT2D eigenvalue weighted by Gasteiger charge is -2.50. The zero-order chi connectivity index (χ0) is 16.2. The van der Waals surface area contributed by atoms with Gasteiger partial charge >= 0.3 is 0 Å². The normalized spacial score (nSPS) is 38.8. The van der Waals surface area contributed by atoms with E-state index in [0.717, 1.165) is 32.1 Å². The van der Waals surface area contributed by atoms with Gasteiger partial charge in [-0.25, -0.2) is 0 Å². The van der Waals surface area contributed by atoms with E-state index < -0.39 is 0 Å². The molecule has 23 heavy (non-hydrogen) atoms. The van der Waals surface area contributed by atoms with Crippen molar-refractivity contribution >= 4 is 5.78 Å². The van der Waals surface area contributed by atoms with E-state index in [1.54, 1.807) is 7.11 Å². The van der Waals surface area contributed by atoms with Crippen LogP contribution in [0.15, 0.2) is 18.2 Å². The molecule has 0 heterocycles. The highest BCUT2D eigenvalue weighted by atomic mass is 16.5. The first kappa shape index (κ1) is 15.2. The molecule has 3 aliphatic rings. The predicted octanol–water partition coefficient (Wildman–Crippen LogP) is 4.00. The van der Waals surface area contributed by atoms with Crippen LogP contribution >= 0.6 is 0 Å². The third-order valence-corrected chi connectivity index (χ3v) is 6.98. The molecular weight excluding hydrogens is 288 g/mol. The van der Waals surface area contributed by atoms with Crippen LogP contribution in [0, 0.1) is 17.3 Å². The number of hydrogen-bond donors (Lipinski definition) is 1. The predicted molar refractivity (Wildman–Crippen MR) is 88.6 cm³/mol. The Kier molecular flexibility index (Phi) is 3.53. The van der Waals surface area contributed by atoms with Crippen molar-refractivity contribution in [2.24, 2.45) is 17.3 Å². The summed E-state index contributed by atoms with van der Waals surface area (Å²) in [7, 11) is 1.75. The van der Waals surface area contributed by atoms with E-state index in [9.17, 15) is 9.90 Å². The van der Waals surface area contributed by atoms with Crippen molar-refractivity contribution < 1.29 is 14.6 Å². The van der Waals surface area contributed by atoms with Gasteiger partial charge in [-0.2, -0.15) is 0 Å². The Morgan fingerprint density at radius 1 is 1.30 bits per heavy atom. The van der Waals surface area contributed by atoms with Crippen molar-refractivity contribution in [1.29, 1.82) is 0 Å². The number of ketones is 1. The average Bonchev–Trinajstić information content (AvgIpc) is 2.83. The first-order chi connectivity index (χ1) is 11.0. The van der Waals surface area contributed by atoms with Crippen LogP contribution in [0.25, 0.3) is 0 Å². The summed E-state index contributed by atoms with van der Waals surface area (Å²) in [6.07, 6.45) is 5.03. The van der Waals surface area contributed by atoms with Gasteiger partial charge in [0, 0.05) is 24.9 Å². The zero-order valence-electron chi connectivity index (χ0n) is 14.0. The number of phenols is 1. The van der Waals surface area contributed by atoms with Crippen molar-refractivity contribution in [1.82, 2.24) is 0 Å². The summed E-state index contributed by atoms with van der Waals surface area (Å²) in [4.78, 5) is 12.4. The van der Waals surface area contributed by atoms with Gasteiger partial charge in [0.2, 0.25) is 0 Å². The van der Waals surface area contributed by atoms with Gasteiger partial charge < -0.3 is 9.84 Å². The number of carbonyl (C=O) groups excluding carboxylic acids is 1. The van der Waals surface area contributed by atoms with E-state index >= 15 is 0 Å². The molecular formula is C20H26O3. The number of hydrogen-bond acceptors (Lipinski definition) is 3. The maximum absolute atomic E-state index is 12.4. The fourth-order valence-corrected chi connectivity index (χ4v) is 5.84. The second kappa shape index (κ2) is 5.34. The molecule has 124 valence electrons. The van der Waals surface area contributed by atoms with Gasteiger partial charge in [0.05, 0.1) is 6.61 Å². The van der Waals surface area contributed by atoms with Crippen LogP contribution in [0.5, 0.6) is 5.75 Å². The molecule has 3 nitrogen and oxygen atoms in total. The number of ether oxygens (including phenoxy) is 1. The van der Waals surface area contributed by atoms with Gasteiger partial charge in [-0.05, 0) is 66.7 Å². The molecule has 4 rings (SSSR count). The molecule has 0 unspecified atom stereocenters. The number of rotatable bonds is 2. The Morgan fingerprint density at radius 2 is 2.13 bits per heavy atom. The topological polar surface area (TPSA) is 46.5 Å². The van der Waals surface area contributed by atoms with E-state index in [1.165, 1.54) is 11.1 Å². The number of fused-ring (bicyclic) bond motifs is 5. The van der Waals surface area contributed by atoms with Crippen LogP contribution in [0.3, 0.4) is 0 Å². The number of methoxy groups -OCH3 is 1. The number of aromatic hydroxyl groups is 1. The highest BCUT2D eigenvalue weighted by Gasteiger charge is 2.55. The van der Waals surface area contributed by atoms with Crippen molar-refractivity contribution in [2.45, 2.75) is 50.9 Å². The lowest BCUT2D eigenvalue weighted by molar-refractivity contribution is -0.129. The van der Waals surface area contributed by atoms with Crippen LogP contribution in [-0.2, 0) is 9.53 Å². The molecule has 0 bridgehead atoms. The smallest absolute Gasteiger partial charge is 0.139 e. The molecule has 0 radical (unpaired) electrons. The highest BCUT2D eigenvalue weighted by Crippen LogP contribution is 2.61. The quantitative estimate of drug-likeness (QED) is 0.897. The van der Waals surface area contributed by atoms with Crippen LogP contribution in [-0.4, -0.2) is 24.6 Å². The average molecular weight is 314 g/mol. The molecule has 2 fully saturated rings. The summed E-state index contributed by atoms with van der Waals surface area (Å²) in [6, 6.07) is 5.87. The van der Waals surface area contributed by atoms with E-state index in [1.807, 2.05) is 12.1 Å². The zero-order valence-corrected chi connectivity index (χ0v) is 14.0. The van der Waals surface area contributed by atoms with E-state index in [2.05, 4.69) is 13.0 Å². The van der Waals surface area contributed by atoms with Crippen LogP contribution in [0.4, 0.5) is 0 Å². The fourth-order valence-electron chi connectivity index (χ4n) is 5.84. The first-order valence-corrected chi connectivity index (χ1v) is 8.89. The van der Waals surface area contributed by atoms with Gasteiger partial charge in [0.15, 0.2) is 0 Å². The highest BCUT2D eigenvalue weighted by molar-refractivity contribution is 5.87. The Hall–Kier alpha value is -1.35. The first-order valence-electron chi connectivity index (χ1n) is 8.89. The largest absolute Gasteiger partial charge is 0.508 e. The third kappa shape index (κ3) is 2.16. The number of benzene rings is 1. The Balaban J connectivity index is 1.76. The maximum atomic E-state index is 12.4. The Labute approximate surface area is 138 Å². The molecule has 0 aliphatic heterocycles. The number of carbonyl (C=O) groups is 1. The van der Waals surface area contributed by atoms with Gasteiger partial charge in [-0.1, -0.05) is 13.0 Å². The second-order valence-electron chi connectivity index (χ2n) is 8.00. The summed E-state index contributed by atoms with van der Waals surface area (Å²) in [6.45, 7) is 2.90. The molecule has 2 saturated carbocycles. The van der Waals surface area contributed by atoms with Crippen molar-refractivity contribution in [3.8, 4) is 5.75 Å². The van der Waals surface area contributed by atoms with Crippen LogP contribution < -0.4 is 0 Å². The lowest BCUT2D eigenvalue weighted by Crippen LogP contribution is -2.43. The summed E-state index contributed by atoms with van der Waals surface area (Å²) in [5, 5.41) is 9.91. The molecule has 0 amide bonds. The molecule has 0 spiro atoms. The van der Waals surface area contributed by atoms with Gasteiger partial charge in [-0.3, -0.25) is 4.79 Å². The minimum absolute atomic E-state index is 0.0901. The van der Waals surface area contributed by atoms with Crippen molar-refractivity contribution in [3.63, 3.8) is 0 Å². The van der Waals surface area contributed by atoms with Gasteiger partial charge in [-0.15, -0.1) is 0 Å². The molecule has 1 aromatic carbocycles. The molecule has 0 aromatic heterocycles. The summed E-state index contributed by atoms with van der Waals surface area (Å²) in [5.41, 5.74) is 2.57. The summed E-state index contributed by atoms with van der Waals surface area (Å²) in [5.74, 6) is 2.82. The molecule has 1 aromatic rings. The van der Waals surface area contributed by atoms with Gasteiger partial charge in [0.25, 0.3) is 0 Å². The SMILES string of the molecule is COC[C@H]1C[C@@H]2[C@H](CC[C@]3(C)C(=O)CC[C@@H]23)c2ccc(O)cc21. The summed E-state index contributed by atoms with van der Waals surface area (Å²) < 4.78 is 5.47. The van der Waals surface area contributed by atoms with Crippen LogP contribution in [0.2, 0.25) is 0 Å². The molecule has 1 N–H and O–H groups in total. The molecule has 5 atom stereocenters. The minimum Gasteiger partial charge on any atom is -0.508 e. The van der Waals surface area contributed by atoms with E-state index in [-0.39, 0.29) is 5.41 Å². The standard InChI is InChI=1S/C20H26O3/c1-20-8-7-15-14-4-3-13(21)10-16(14)12(11-23-2)9-17(15)18(20)5-6-19(20)22/h3-4,10,12,15,17-18,21H,5-9,11H2,1-2H3/t12-,15-,17-,18+,20+/m1/s1. The fraction of sp³-hybridized carbons (Fsp3) is 0.650. The van der Waals surface area contributed by atoms with Crippen molar-refractivity contribution in [3.05, 3.63) is 29.3 Å². The van der Waals surface area contributed by atoms with Crippen LogP contribution in [0.1, 0.15) is 62.0 Å². The lowest BCUT2D eigenvalue weighted by atomic mass is 9.54. The maximum Gasteiger partial charge on any atom is 0.139 e. The Bertz CT molecular complexity index is 638. The van der Waals surface area contributed by atoms with Gasteiger partial charge in [0.1, 0.15) is 11.5 Å². The number of phenolic OH excluding ortho intramolecular Hbond substituents is 1. The third-order valence-electron chi connectivity index (χ3n) is 6.98. The van der Waals surface area contributed by atoms with E-state index in [0.29, 0.717) is 41.8 Å². The Morgan fingerprint density at radius 3 is 2.91 bits per heavy atom. The molecule has 3 aliphatic carbocycles. The minimum atomic E-state index is -0.0901. The summed E-state index contributed by atoms with van der Waals surface area (Å²) >= 11 is 0. The molecule has 3 heteroatoms. The second-order valence-corrected chi connectivity index (χ2v) is 8.00. The van der Waals surface area contributed by atoms with E-state index in [4.69, 9.17) is 4.74 Å². The monoisotopic (exact) mass is 314 g/mol.